The minimum Gasteiger partial charge on any atom is -0.508 e. The first-order chi connectivity index (χ1) is 10.6. The third kappa shape index (κ3) is 2.95. The molecule has 2 heterocycles. The maximum absolute atomic E-state index is 9.28. The highest BCUT2D eigenvalue weighted by Gasteiger charge is 2.08. The fourth-order valence-corrected chi connectivity index (χ4v) is 2.16. The van der Waals surface area contributed by atoms with Crippen LogP contribution in [0.5, 0.6) is 5.75 Å². The van der Waals surface area contributed by atoms with Crippen LogP contribution < -0.4 is 5.32 Å². The first-order valence-corrected chi connectivity index (χ1v) is 7.11. The number of phenols is 1. The molecular weight excluding hydrogens is 278 g/mol. The van der Waals surface area contributed by atoms with Crippen LogP contribution >= 0.6 is 0 Å². The van der Waals surface area contributed by atoms with Crippen molar-refractivity contribution in [2.75, 3.05) is 11.9 Å². The Hall–Kier alpha value is -2.76. The Morgan fingerprint density at radius 3 is 2.50 bits per heavy atom. The van der Waals surface area contributed by atoms with Gasteiger partial charge in [-0.3, -0.25) is 0 Å². The Labute approximate surface area is 128 Å². The number of fused-ring (bicyclic) bond motifs is 1. The summed E-state index contributed by atoms with van der Waals surface area (Å²) in [5.74, 6) is 0.971. The summed E-state index contributed by atoms with van der Waals surface area (Å²) in [7, 11) is 0. The Kier molecular flexibility index (Phi) is 3.82. The van der Waals surface area contributed by atoms with Crippen molar-refractivity contribution in [3.63, 3.8) is 0 Å². The van der Waals surface area contributed by atoms with Gasteiger partial charge in [0, 0.05) is 6.54 Å². The number of hydrogen-bond donors (Lipinski definition) is 2. The molecule has 0 aliphatic rings. The van der Waals surface area contributed by atoms with Gasteiger partial charge in [0.25, 0.3) is 0 Å². The molecule has 0 unspecified atom stereocenters. The monoisotopic (exact) mass is 295 g/mol. The van der Waals surface area contributed by atoms with Gasteiger partial charge >= 0.3 is 0 Å². The lowest BCUT2D eigenvalue weighted by Gasteiger charge is -2.08. The van der Waals surface area contributed by atoms with Crippen LogP contribution in [0.1, 0.15) is 17.0 Å². The van der Waals surface area contributed by atoms with Gasteiger partial charge < -0.3 is 10.4 Å². The zero-order valence-corrected chi connectivity index (χ0v) is 12.5. The largest absolute Gasteiger partial charge is 0.508 e. The van der Waals surface area contributed by atoms with Gasteiger partial charge in [0.05, 0.1) is 11.4 Å². The summed E-state index contributed by atoms with van der Waals surface area (Å²) in [6.45, 7) is 4.56. The molecule has 0 fully saturated rings. The normalized spacial score (nSPS) is 10.8. The molecule has 3 aromatic rings. The Balaban J connectivity index is 1.76. The molecule has 22 heavy (non-hydrogen) atoms. The van der Waals surface area contributed by atoms with Crippen LogP contribution in [0.25, 0.3) is 11.2 Å². The van der Waals surface area contributed by atoms with E-state index in [2.05, 4.69) is 25.3 Å². The van der Waals surface area contributed by atoms with Gasteiger partial charge in [-0.25, -0.2) is 19.9 Å². The van der Waals surface area contributed by atoms with Crippen molar-refractivity contribution >= 4 is 17.0 Å². The van der Waals surface area contributed by atoms with E-state index in [1.807, 2.05) is 26.0 Å². The fourth-order valence-electron chi connectivity index (χ4n) is 2.16. The standard InChI is InChI=1S/C16H17N5O/c1-10-11(2)21-16-14(20-10)15(18-9-19-16)17-8-7-12-3-5-13(22)6-4-12/h3-6,9,22H,7-8H2,1-2H3,(H,17,18,19,21). The molecule has 0 aliphatic carbocycles. The summed E-state index contributed by atoms with van der Waals surface area (Å²) in [6.07, 6.45) is 2.32. The first-order valence-electron chi connectivity index (χ1n) is 7.11. The van der Waals surface area contributed by atoms with Crippen molar-refractivity contribution in [3.05, 3.63) is 47.5 Å². The predicted octanol–water partition coefficient (Wildman–Crippen LogP) is 2.40. The van der Waals surface area contributed by atoms with Crippen molar-refractivity contribution in [1.82, 2.24) is 19.9 Å². The molecule has 0 atom stereocenters. The zero-order chi connectivity index (χ0) is 15.5. The Bertz CT molecular complexity index is 801. The van der Waals surface area contributed by atoms with Crippen LogP contribution in [0.3, 0.4) is 0 Å². The number of anilines is 1. The molecule has 112 valence electrons. The van der Waals surface area contributed by atoms with E-state index in [1.54, 1.807) is 12.1 Å². The molecule has 2 N–H and O–H groups in total. The van der Waals surface area contributed by atoms with Crippen LogP contribution in [-0.4, -0.2) is 31.6 Å². The van der Waals surface area contributed by atoms with Crippen LogP contribution in [0.4, 0.5) is 5.82 Å². The van der Waals surface area contributed by atoms with Crippen molar-refractivity contribution in [3.8, 4) is 5.75 Å². The molecule has 0 aliphatic heterocycles. The molecule has 0 bridgehead atoms. The molecule has 0 radical (unpaired) electrons. The third-order valence-electron chi connectivity index (χ3n) is 3.52. The van der Waals surface area contributed by atoms with Crippen LogP contribution in [0.2, 0.25) is 0 Å². The van der Waals surface area contributed by atoms with Gasteiger partial charge in [-0.15, -0.1) is 0 Å². The number of aromatic nitrogens is 4. The summed E-state index contributed by atoms with van der Waals surface area (Å²) >= 11 is 0. The van der Waals surface area contributed by atoms with E-state index in [1.165, 1.54) is 6.33 Å². The van der Waals surface area contributed by atoms with Crippen LogP contribution in [0.15, 0.2) is 30.6 Å². The highest BCUT2D eigenvalue weighted by molar-refractivity contribution is 5.82. The van der Waals surface area contributed by atoms with E-state index in [9.17, 15) is 5.11 Å². The minimum atomic E-state index is 0.277. The lowest BCUT2D eigenvalue weighted by atomic mass is 10.1. The molecule has 0 amide bonds. The molecule has 3 rings (SSSR count). The molecule has 1 aromatic carbocycles. The molecular formula is C16H17N5O. The second kappa shape index (κ2) is 5.93. The Morgan fingerprint density at radius 2 is 1.73 bits per heavy atom. The number of aryl methyl sites for hydroxylation is 2. The summed E-state index contributed by atoms with van der Waals surface area (Å²) < 4.78 is 0. The quantitative estimate of drug-likeness (QED) is 0.769. The maximum atomic E-state index is 9.28. The summed E-state index contributed by atoms with van der Waals surface area (Å²) in [4.78, 5) is 17.4. The average molecular weight is 295 g/mol. The van der Waals surface area contributed by atoms with Gasteiger partial charge in [-0.05, 0) is 38.0 Å². The predicted molar refractivity (Wildman–Crippen MR) is 84.9 cm³/mol. The number of hydrogen-bond acceptors (Lipinski definition) is 6. The summed E-state index contributed by atoms with van der Waals surface area (Å²) in [5.41, 5.74) is 4.19. The highest BCUT2D eigenvalue weighted by Crippen LogP contribution is 2.17. The molecule has 6 heteroatoms. The highest BCUT2D eigenvalue weighted by atomic mass is 16.3. The molecule has 0 spiro atoms. The lowest BCUT2D eigenvalue weighted by molar-refractivity contribution is 0.475. The number of rotatable bonds is 4. The van der Waals surface area contributed by atoms with Crippen molar-refractivity contribution in [1.29, 1.82) is 0 Å². The van der Waals surface area contributed by atoms with E-state index < -0.39 is 0 Å². The Morgan fingerprint density at radius 1 is 1.00 bits per heavy atom. The van der Waals surface area contributed by atoms with E-state index in [4.69, 9.17) is 0 Å². The average Bonchev–Trinajstić information content (AvgIpc) is 2.51. The summed E-state index contributed by atoms with van der Waals surface area (Å²) in [5, 5.41) is 12.6. The van der Waals surface area contributed by atoms with Gasteiger partial charge in [-0.1, -0.05) is 12.1 Å². The summed E-state index contributed by atoms with van der Waals surface area (Å²) in [6, 6.07) is 7.19. The van der Waals surface area contributed by atoms with E-state index in [-0.39, 0.29) is 5.75 Å². The van der Waals surface area contributed by atoms with Gasteiger partial charge in [-0.2, -0.15) is 0 Å². The minimum absolute atomic E-state index is 0.277. The van der Waals surface area contributed by atoms with Crippen LogP contribution in [0, 0.1) is 13.8 Å². The number of benzene rings is 1. The van der Waals surface area contributed by atoms with Crippen LogP contribution in [-0.2, 0) is 6.42 Å². The number of nitrogens with zero attached hydrogens (tertiary/aromatic N) is 4. The molecule has 2 aromatic heterocycles. The molecule has 6 nitrogen and oxygen atoms in total. The SMILES string of the molecule is Cc1nc2ncnc(NCCc3ccc(O)cc3)c2nc1C. The second-order valence-electron chi connectivity index (χ2n) is 5.13. The zero-order valence-electron chi connectivity index (χ0n) is 12.5. The van der Waals surface area contributed by atoms with Gasteiger partial charge in [0.1, 0.15) is 12.1 Å². The number of nitrogens with one attached hydrogen (secondary N) is 1. The smallest absolute Gasteiger partial charge is 0.183 e. The molecule has 0 saturated heterocycles. The lowest BCUT2D eigenvalue weighted by Crippen LogP contribution is -2.08. The van der Waals surface area contributed by atoms with E-state index in [0.717, 1.165) is 23.4 Å². The maximum Gasteiger partial charge on any atom is 0.183 e. The van der Waals surface area contributed by atoms with Gasteiger partial charge in [0.15, 0.2) is 17.0 Å². The number of aromatic hydroxyl groups is 1. The molecule has 0 saturated carbocycles. The van der Waals surface area contributed by atoms with E-state index >= 15 is 0 Å². The topological polar surface area (TPSA) is 83.8 Å². The van der Waals surface area contributed by atoms with E-state index in [0.29, 0.717) is 23.5 Å². The second-order valence-corrected chi connectivity index (χ2v) is 5.13. The number of phenolic OH excluding ortho intramolecular Hbond substituents is 1. The van der Waals surface area contributed by atoms with Crippen molar-refractivity contribution < 1.29 is 5.11 Å². The first kappa shape index (κ1) is 14.2. The van der Waals surface area contributed by atoms with Gasteiger partial charge in [0.2, 0.25) is 0 Å². The van der Waals surface area contributed by atoms with Crippen molar-refractivity contribution in [2.45, 2.75) is 20.3 Å². The van der Waals surface area contributed by atoms with Crippen molar-refractivity contribution in [2.24, 2.45) is 0 Å². The fraction of sp³-hybridized carbons (Fsp3) is 0.250. The third-order valence-corrected chi connectivity index (χ3v) is 3.52.